The van der Waals surface area contributed by atoms with Gasteiger partial charge < -0.3 is 9.84 Å². The van der Waals surface area contributed by atoms with Crippen molar-refractivity contribution in [2.24, 2.45) is 0 Å². The molecular formula is C5H6O4. The average molecular weight is 132 g/mol. The Bertz CT molecular complexity index is 221. The van der Waals surface area contributed by atoms with Crippen LogP contribution in [0.25, 0.3) is 0 Å². The number of carbonyl (C=O) groups excluding carboxylic acids is 1. The Hall–Kier alpha value is -1.32. The Balaban J connectivity index is 4.66. The Kier molecular flexibility index (Phi) is 1.85. The zero-order valence-corrected chi connectivity index (χ0v) is 4.67. The lowest BCUT2D eigenvalue weighted by atomic mass is 10.5. The van der Waals surface area contributed by atoms with E-state index in [1.54, 1.807) is 0 Å². The van der Waals surface area contributed by atoms with E-state index in [0.29, 0.717) is 0 Å². The van der Waals surface area contributed by atoms with Crippen LogP contribution in [0.4, 0.5) is 0 Å². The number of ether oxygens (including phenoxy) is 1. The Morgan fingerprint density at radius 1 is 1.67 bits per heavy atom. The maximum Gasteiger partial charge on any atom is 0.330 e. The zero-order chi connectivity index (χ0) is 9.02. The predicted molar refractivity (Wildman–Crippen MR) is 28.8 cm³/mol. The lowest BCUT2D eigenvalue weighted by molar-refractivity contribution is -0.136. The highest BCUT2D eigenvalue weighted by Crippen LogP contribution is 1.76. The molecule has 0 unspecified atom stereocenters. The molecule has 0 aliphatic carbocycles. The number of carboxylic acids is 1. The smallest absolute Gasteiger partial charge is 0.330 e. The zero-order valence-electron chi connectivity index (χ0n) is 6.67. The van der Waals surface area contributed by atoms with Crippen LogP contribution < -0.4 is 0 Å². The first-order valence-corrected chi connectivity index (χ1v) is 1.99. The molecule has 0 spiro atoms. The molecule has 9 heavy (non-hydrogen) atoms. The molecule has 0 aromatic heterocycles. The van der Waals surface area contributed by atoms with Gasteiger partial charge in [-0.2, -0.15) is 0 Å². The Morgan fingerprint density at radius 2 is 2.22 bits per heavy atom. The largest absolute Gasteiger partial charge is 0.478 e. The van der Waals surface area contributed by atoms with E-state index in [1.807, 2.05) is 0 Å². The molecule has 0 bridgehead atoms. The van der Waals surface area contributed by atoms with Crippen LogP contribution in [0, 0.1) is 0 Å². The summed E-state index contributed by atoms with van der Waals surface area (Å²) in [4.78, 5) is 20.4. The van der Waals surface area contributed by atoms with Gasteiger partial charge in [-0.05, 0) is 0 Å². The van der Waals surface area contributed by atoms with Gasteiger partial charge >= 0.3 is 11.9 Å². The van der Waals surface area contributed by atoms with Gasteiger partial charge in [0.15, 0.2) is 0 Å². The molecule has 0 rings (SSSR count). The van der Waals surface area contributed by atoms with E-state index in [9.17, 15) is 9.59 Å². The summed E-state index contributed by atoms with van der Waals surface area (Å²) in [6, 6.07) is -2.03. The fraction of sp³-hybridized carbons (Fsp3) is 0.200. The van der Waals surface area contributed by atoms with E-state index < -0.39 is 24.0 Å². The van der Waals surface area contributed by atoms with Crippen molar-refractivity contribution in [3.05, 3.63) is 12.1 Å². The van der Waals surface area contributed by atoms with Crippen molar-refractivity contribution < 1.29 is 22.2 Å². The van der Waals surface area contributed by atoms with Crippen LogP contribution in [0.3, 0.4) is 0 Å². The van der Waals surface area contributed by atoms with E-state index in [2.05, 4.69) is 4.74 Å². The molecule has 0 saturated carbocycles. The maximum absolute atomic E-state index is 10.4. The van der Waals surface area contributed by atoms with Crippen LogP contribution in [-0.2, 0) is 14.3 Å². The standard InChI is InChI=1S/C5H6O4/c1-9-5(8)3-2-4(6)7/h2-3H,1H3,(H,6,7)/b3-2+/i2D,3D. The molecule has 1 N–H and O–H groups in total. The summed E-state index contributed by atoms with van der Waals surface area (Å²) in [5.74, 6) is -2.75. The molecule has 0 aliphatic heterocycles. The lowest BCUT2D eigenvalue weighted by Gasteiger charge is -1.85. The molecule has 0 atom stereocenters. The lowest BCUT2D eigenvalue weighted by Crippen LogP contribution is -1.96. The highest BCUT2D eigenvalue weighted by atomic mass is 16.5. The molecular weight excluding hydrogens is 124 g/mol. The molecule has 0 aliphatic rings. The van der Waals surface area contributed by atoms with E-state index >= 15 is 0 Å². The molecule has 4 heteroatoms. The third-order valence-electron chi connectivity index (χ3n) is 0.457. The van der Waals surface area contributed by atoms with Gasteiger partial charge in [-0.1, -0.05) is 0 Å². The molecule has 0 heterocycles. The minimum atomic E-state index is -1.62. The van der Waals surface area contributed by atoms with Gasteiger partial charge in [-0.3, -0.25) is 0 Å². The molecule has 0 radical (unpaired) electrons. The quantitative estimate of drug-likeness (QED) is 0.417. The van der Waals surface area contributed by atoms with Crippen molar-refractivity contribution in [3.8, 4) is 0 Å². The van der Waals surface area contributed by atoms with Gasteiger partial charge in [0.05, 0.1) is 9.85 Å². The first-order valence-electron chi connectivity index (χ1n) is 2.99. The summed E-state index contributed by atoms with van der Waals surface area (Å²) in [5, 5.41) is 8.12. The summed E-state index contributed by atoms with van der Waals surface area (Å²) in [6.07, 6.45) is 0. The number of carbonyl (C=O) groups is 2. The van der Waals surface area contributed by atoms with Gasteiger partial charge in [-0.15, -0.1) is 0 Å². The van der Waals surface area contributed by atoms with Crippen molar-refractivity contribution in [2.45, 2.75) is 0 Å². The number of hydrogen-bond donors (Lipinski definition) is 1. The predicted octanol–water partition coefficient (Wildman–Crippen LogP) is -0.200. The minimum absolute atomic E-state index is 0.958. The van der Waals surface area contributed by atoms with Crippen LogP contribution in [0.5, 0.6) is 0 Å². The van der Waals surface area contributed by atoms with E-state index in [0.717, 1.165) is 7.11 Å². The van der Waals surface area contributed by atoms with Gasteiger partial charge in [0.2, 0.25) is 0 Å². The second-order valence-corrected chi connectivity index (χ2v) is 1.05. The topological polar surface area (TPSA) is 63.6 Å². The fourth-order valence-electron chi connectivity index (χ4n) is 0.156. The van der Waals surface area contributed by atoms with Gasteiger partial charge in [-0.25, -0.2) is 9.59 Å². The first kappa shape index (κ1) is 4.55. The first-order chi connectivity index (χ1) is 5.00. The number of esters is 1. The van der Waals surface area contributed by atoms with Crippen molar-refractivity contribution in [1.29, 1.82) is 0 Å². The molecule has 0 fully saturated rings. The highest BCUT2D eigenvalue weighted by molar-refractivity contribution is 5.90. The number of aliphatic carboxylic acids is 1. The van der Waals surface area contributed by atoms with Crippen molar-refractivity contribution >= 4 is 11.9 Å². The number of hydrogen-bond acceptors (Lipinski definition) is 3. The molecule has 0 aromatic carbocycles. The third-order valence-corrected chi connectivity index (χ3v) is 0.457. The van der Waals surface area contributed by atoms with Crippen LogP contribution >= 0.6 is 0 Å². The normalized spacial score (nSPS) is 14.8. The Labute approximate surface area is 54.6 Å². The SMILES string of the molecule is [2H]/C(C(=O)O)=C(/[2H])C(=O)OC. The molecule has 4 nitrogen and oxygen atoms in total. The summed E-state index contributed by atoms with van der Waals surface area (Å²) in [6.45, 7) is 0. The second-order valence-electron chi connectivity index (χ2n) is 1.05. The van der Waals surface area contributed by atoms with Crippen LogP contribution in [0.2, 0.25) is 0 Å². The Morgan fingerprint density at radius 3 is 2.56 bits per heavy atom. The number of carboxylic acid groups (broad SMARTS) is 1. The highest BCUT2D eigenvalue weighted by Gasteiger charge is 1.91. The van der Waals surface area contributed by atoms with Crippen molar-refractivity contribution in [2.75, 3.05) is 7.11 Å². The minimum Gasteiger partial charge on any atom is -0.478 e. The molecule has 0 amide bonds. The monoisotopic (exact) mass is 132 g/mol. The van der Waals surface area contributed by atoms with Gasteiger partial charge in [0.1, 0.15) is 0 Å². The molecule has 0 saturated heterocycles. The van der Waals surface area contributed by atoms with Crippen molar-refractivity contribution in [3.63, 3.8) is 0 Å². The van der Waals surface area contributed by atoms with Crippen molar-refractivity contribution in [1.82, 2.24) is 0 Å². The van der Waals surface area contributed by atoms with Crippen LogP contribution in [0.1, 0.15) is 2.74 Å². The van der Waals surface area contributed by atoms with Crippen LogP contribution in [-0.4, -0.2) is 24.2 Å². The summed E-state index contributed by atoms with van der Waals surface area (Å²) < 4.78 is 17.4. The summed E-state index contributed by atoms with van der Waals surface area (Å²) in [5.41, 5.74) is 0. The second kappa shape index (κ2) is 3.65. The van der Waals surface area contributed by atoms with E-state index in [1.165, 1.54) is 0 Å². The van der Waals surface area contributed by atoms with Gasteiger partial charge in [0.25, 0.3) is 0 Å². The maximum atomic E-state index is 10.4. The molecule has 50 valence electrons. The van der Waals surface area contributed by atoms with E-state index in [-0.39, 0.29) is 0 Å². The number of methoxy groups -OCH3 is 1. The van der Waals surface area contributed by atoms with E-state index in [4.69, 9.17) is 7.85 Å². The number of rotatable bonds is 2. The van der Waals surface area contributed by atoms with Gasteiger partial charge in [0, 0.05) is 12.1 Å². The average Bonchev–Trinajstić information content (AvgIpc) is 2.00. The van der Waals surface area contributed by atoms with Crippen LogP contribution in [0.15, 0.2) is 12.1 Å². The summed E-state index contributed by atoms with van der Waals surface area (Å²) >= 11 is 0. The fourth-order valence-corrected chi connectivity index (χ4v) is 0.156. The third kappa shape index (κ3) is 4.53. The molecule has 0 aromatic rings. The summed E-state index contributed by atoms with van der Waals surface area (Å²) in [7, 11) is 1.01.